The molecule has 1 spiro atoms. The molecule has 4 aliphatic rings. The lowest BCUT2D eigenvalue weighted by Gasteiger charge is -2.37. The summed E-state index contributed by atoms with van der Waals surface area (Å²) >= 11 is 0. The summed E-state index contributed by atoms with van der Waals surface area (Å²) in [4.78, 5) is 63.4. The summed E-state index contributed by atoms with van der Waals surface area (Å²) in [5, 5.41) is 17.6. The van der Waals surface area contributed by atoms with Crippen LogP contribution in [0.2, 0.25) is 18.6 Å². The van der Waals surface area contributed by atoms with Gasteiger partial charge in [0.1, 0.15) is 5.75 Å². The molecule has 4 aromatic carbocycles. The lowest BCUT2D eigenvalue weighted by atomic mass is 9.82. The predicted octanol–water partition coefficient (Wildman–Crippen LogP) is 3.74. The summed E-state index contributed by atoms with van der Waals surface area (Å²) < 4.78 is 12.9. The quantitative estimate of drug-likeness (QED) is 0.172. The van der Waals surface area contributed by atoms with E-state index in [0.29, 0.717) is 49.7 Å². The summed E-state index contributed by atoms with van der Waals surface area (Å²) in [6, 6.07) is 31.4. The number of aliphatic hydroxyl groups is 1. The third kappa shape index (κ3) is 7.98. The van der Waals surface area contributed by atoms with Crippen molar-refractivity contribution in [3.8, 4) is 5.75 Å². The van der Waals surface area contributed by atoms with Gasteiger partial charge in [0.15, 0.2) is 5.60 Å². The molecule has 4 aromatic rings. The van der Waals surface area contributed by atoms with E-state index in [1.807, 2.05) is 84.9 Å². The lowest BCUT2D eigenvalue weighted by Crippen LogP contribution is -2.52. The summed E-state index contributed by atoms with van der Waals surface area (Å²) in [5.41, 5.74) is 2.92. The first-order valence-electron chi connectivity index (χ1n) is 21.3. The number of fused-ring (bicyclic) bond motifs is 2. The van der Waals surface area contributed by atoms with Gasteiger partial charge in [-0.3, -0.25) is 19.2 Å². The zero-order valence-corrected chi connectivity index (χ0v) is 36.4. The average Bonchev–Trinajstić information content (AvgIpc) is 3.69. The molecule has 14 heteroatoms. The number of hydrogen-bond donors (Lipinski definition) is 3. The predicted molar refractivity (Wildman–Crippen MR) is 238 cm³/mol. The molecule has 8 rings (SSSR count). The van der Waals surface area contributed by atoms with Crippen LogP contribution in [-0.2, 0) is 42.6 Å². The maximum absolute atomic E-state index is 15.7. The van der Waals surface area contributed by atoms with E-state index < -0.39 is 25.7 Å². The van der Waals surface area contributed by atoms with Crippen LogP contribution in [0.15, 0.2) is 97.1 Å². The summed E-state index contributed by atoms with van der Waals surface area (Å²) in [6.45, 7) is 10.00. The minimum Gasteiger partial charge on any atom is -0.497 e. The Morgan fingerprint density at radius 2 is 1.52 bits per heavy atom. The number of hydrogen-bond acceptors (Lipinski definition) is 9. The number of ether oxygens (including phenoxy) is 2. The van der Waals surface area contributed by atoms with Gasteiger partial charge >= 0.3 is 0 Å². The highest BCUT2D eigenvalue weighted by Gasteiger charge is 2.66. The smallest absolute Gasteiger partial charge is 0.264 e. The highest BCUT2D eigenvalue weighted by atomic mass is 28.3. The van der Waals surface area contributed by atoms with Crippen molar-refractivity contribution >= 4 is 54.0 Å². The third-order valence-corrected chi connectivity index (χ3v) is 17.5. The molecule has 0 unspecified atom stereocenters. The van der Waals surface area contributed by atoms with Gasteiger partial charge in [-0.15, -0.1) is 0 Å². The van der Waals surface area contributed by atoms with Gasteiger partial charge < -0.3 is 44.8 Å². The molecule has 4 amide bonds. The van der Waals surface area contributed by atoms with Crippen LogP contribution in [-0.4, -0.2) is 107 Å². The van der Waals surface area contributed by atoms with Crippen molar-refractivity contribution in [1.82, 2.24) is 15.5 Å². The Balaban J connectivity index is 1.22. The molecule has 3 N–H and O–H groups in total. The first kappa shape index (κ1) is 42.3. The van der Waals surface area contributed by atoms with Crippen molar-refractivity contribution in [2.24, 2.45) is 5.92 Å². The first-order chi connectivity index (χ1) is 29.5. The largest absolute Gasteiger partial charge is 0.497 e. The van der Waals surface area contributed by atoms with Crippen LogP contribution < -0.4 is 35.3 Å². The van der Waals surface area contributed by atoms with Gasteiger partial charge in [0, 0.05) is 62.1 Å². The van der Waals surface area contributed by atoms with Crippen LogP contribution in [0.1, 0.15) is 30.0 Å². The van der Waals surface area contributed by atoms with E-state index in [1.54, 1.807) is 26.7 Å². The zero-order valence-electron chi connectivity index (χ0n) is 35.4. The third-order valence-electron chi connectivity index (χ3n) is 13.2. The number of amides is 4. The highest BCUT2D eigenvalue weighted by molar-refractivity contribution is 6.91. The zero-order chi connectivity index (χ0) is 42.9. The van der Waals surface area contributed by atoms with Crippen LogP contribution in [0, 0.1) is 5.92 Å². The Labute approximate surface area is 358 Å². The number of aliphatic hydroxyl groups excluding tert-OH is 1. The van der Waals surface area contributed by atoms with Crippen molar-refractivity contribution in [1.29, 1.82) is 0 Å². The monoisotopic (exact) mass is 844 g/mol. The number of benzene rings is 4. The highest BCUT2D eigenvalue weighted by Crippen LogP contribution is 2.60. The molecular weight excluding hydrogens is 789 g/mol. The minimum absolute atomic E-state index is 0.00945. The van der Waals surface area contributed by atoms with Crippen molar-refractivity contribution in [2.75, 3.05) is 74.2 Å². The molecule has 320 valence electrons. The molecular formula is C47H56N6O7Si. The number of methoxy groups -OCH3 is 1. The van der Waals surface area contributed by atoms with E-state index in [4.69, 9.17) is 9.47 Å². The van der Waals surface area contributed by atoms with Crippen LogP contribution in [0.3, 0.4) is 0 Å². The molecule has 4 atom stereocenters. The van der Waals surface area contributed by atoms with E-state index in [-0.39, 0.29) is 68.4 Å². The van der Waals surface area contributed by atoms with Crippen LogP contribution in [0.25, 0.3) is 0 Å². The van der Waals surface area contributed by atoms with Crippen LogP contribution in [0.4, 0.5) is 17.1 Å². The fourth-order valence-electron chi connectivity index (χ4n) is 10.1. The number of carbonyl (C=O) groups is 4. The minimum atomic E-state index is -2.62. The van der Waals surface area contributed by atoms with E-state index >= 15 is 4.79 Å². The summed E-state index contributed by atoms with van der Waals surface area (Å²) in [7, 11) is -0.980. The molecule has 4 heterocycles. The first-order valence-corrected chi connectivity index (χ1v) is 24.4. The van der Waals surface area contributed by atoms with E-state index in [0.717, 1.165) is 27.8 Å². The molecule has 3 saturated heterocycles. The number of nitrogens with one attached hydrogen (secondary N) is 2. The second-order valence-corrected chi connectivity index (χ2v) is 21.8. The summed E-state index contributed by atoms with van der Waals surface area (Å²) in [6.07, 6.45) is -0.651. The number of nitrogens with zero attached hydrogens (tertiary/aromatic N) is 4. The maximum atomic E-state index is 15.7. The molecule has 0 aliphatic carbocycles. The molecule has 0 saturated carbocycles. The van der Waals surface area contributed by atoms with Gasteiger partial charge in [0.2, 0.25) is 17.7 Å². The second kappa shape index (κ2) is 17.5. The molecule has 4 aliphatic heterocycles. The normalized spacial score (nSPS) is 22.9. The van der Waals surface area contributed by atoms with Crippen molar-refractivity contribution in [2.45, 2.75) is 56.8 Å². The molecule has 0 radical (unpaired) electrons. The Hall–Kier alpha value is -5.38. The van der Waals surface area contributed by atoms with Gasteiger partial charge in [0.25, 0.3) is 5.91 Å². The maximum Gasteiger partial charge on any atom is 0.264 e. The molecule has 0 aromatic heterocycles. The summed E-state index contributed by atoms with van der Waals surface area (Å²) in [5.74, 6) is -0.117. The van der Waals surface area contributed by atoms with Crippen molar-refractivity contribution in [3.63, 3.8) is 0 Å². The van der Waals surface area contributed by atoms with Crippen molar-refractivity contribution < 1.29 is 33.8 Å². The Bertz CT molecular complexity index is 2280. The van der Waals surface area contributed by atoms with Gasteiger partial charge in [-0.05, 0) is 59.1 Å². The van der Waals surface area contributed by atoms with Crippen molar-refractivity contribution in [3.05, 3.63) is 114 Å². The van der Waals surface area contributed by atoms with E-state index in [2.05, 4.69) is 42.8 Å². The lowest BCUT2D eigenvalue weighted by molar-refractivity contribution is -0.150. The Kier molecular flexibility index (Phi) is 12.2. The van der Waals surface area contributed by atoms with E-state index in [1.165, 1.54) is 0 Å². The topological polar surface area (TPSA) is 144 Å². The van der Waals surface area contributed by atoms with Gasteiger partial charge in [-0.2, -0.15) is 0 Å². The molecule has 13 nitrogen and oxygen atoms in total. The number of carbonyl (C=O) groups excluding carboxylic acids is 4. The Morgan fingerprint density at radius 1 is 0.869 bits per heavy atom. The molecule has 0 bridgehead atoms. The fraction of sp³-hybridized carbons (Fsp3) is 0.404. The number of anilines is 3. The van der Waals surface area contributed by atoms with Crippen LogP contribution >= 0.6 is 0 Å². The van der Waals surface area contributed by atoms with Gasteiger partial charge in [0.05, 0.1) is 59.6 Å². The Morgan fingerprint density at radius 3 is 2.16 bits per heavy atom. The standard InChI is InChI=1S/C47H56N6O7Si/c1-32-45(61(3,4)38-16-14-37(59-2)15-17-38)41(27-42(55)50(23-24-54)30-33-9-6-5-7-10-33)60-47(32)39-26-36(52-22-20-49-29-44(52)57)13-18-40(39)53(46(47)58)31-34-11-8-12-35(25-34)51-21-19-48-28-43(51)56/h5-18,25-26,32,41,45,48-49,54H,19-24,27-31H2,1-4H3/t32-,41+,45-,47+/m0/s1. The molecule has 3 fully saturated rings. The SMILES string of the molecule is COc1ccc([Si](C)(C)[C@@H]2[C@@H](CC(=O)N(CCO)Cc3ccccc3)O[C@]3(C(=O)N(Cc4cccc(N5CCNCC5=O)c4)c4ccc(N5CCNCC5=O)cc43)[C@H]2C)cc1. The van der Waals surface area contributed by atoms with Crippen LogP contribution in [0.5, 0.6) is 5.75 Å². The van der Waals surface area contributed by atoms with Gasteiger partial charge in [-0.25, -0.2) is 0 Å². The fourth-order valence-corrected chi connectivity index (χ4v) is 14.1. The number of piperazine rings is 2. The average molecular weight is 845 g/mol. The second-order valence-electron chi connectivity index (χ2n) is 17.1. The van der Waals surface area contributed by atoms with E-state index in [9.17, 15) is 19.5 Å². The molecule has 61 heavy (non-hydrogen) atoms. The van der Waals surface area contributed by atoms with Gasteiger partial charge in [-0.1, -0.05) is 79.8 Å². The number of rotatable bonds is 13.